The predicted molar refractivity (Wildman–Crippen MR) is 99.5 cm³/mol. The predicted octanol–water partition coefficient (Wildman–Crippen LogP) is 4.12. The van der Waals surface area contributed by atoms with Crippen LogP contribution >= 0.6 is 0 Å². The Morgan fingerprint density at radius 2 is 1.81 bits per heavy atom. The lowest BCUT2D eigenvalue weighted by atomic mass is 10.1. The summed E-state index contributed by atoms with van der Waals surface area (Å²) >= 11 is 0. The Balaban J connectivity index is 1.52. The van der Waals surface area contributed by atoms with Crippen molar-refractivity contribution in [2.24, 2.45) is 0 Å². The molecule has 26 heavy (non-hydrogen) atoms. The van der Waals surface area contributed by atoms with Gasteiger partial charge in [0, 0.05) is 23.0 Å². The smallest absolute Gasteiger partial charge is 0.291 e. The van der Waals surface area contributed by atoms with Crippen molar-refractivity contribution in [3.05, 3.63) is 83.8 Å². The molecule has 1 N–H and O–H groups in total. The fourth-order valence-electron chi connectivity index (χ4n) is 3.31. The van der Waals surface area contributed by atoms with Crippen molar-refractivity contribution in [3.8, 4) is 0 Å². The fourth-order valence-corrected chi connectivity index (χ4v) is 3.31. The van der Waals surface area contributed by atoms with Crippen LogP contribution in [0.25, 0.3) is 0 Å². The Hall–Kier alpha value is -3.34. The first-order valence-electron chi connectivity index (χ1n) is 8.50. The molecule has 0 fully saturated rings. The third-order valence-electron chi connectivity index (χ3n) is 4.56. The van der Waals surface area contributed by atoms with E-state index >= 15 is 0 Å². The lowest BCUT2D eigenvalue weighted by molar-refractivity contribution is 0.0979. The molecule has 1 atom stereocenters. The Morgan fingerprint density at radius 1 is 1.04 bits per heavy atom. The average Bonchev–Trinajstić information content (AvgIpc) is 3.29. The van der Waals surface area contributed by atoms with Gasteiger partial charge in [0.15, 0.2) is 5.76 Å². The number of carbonyl (C=O) groups is 2. The van der Waals surface area contributed by atoms with Gasteiger partial charge in [0.2, 0.25) is 0 Å². The van der Waals surface area contributed by atoms with Crippen LogP contribution in [0.2, 0.25) is 0 Å². The van der Waals surface area contributed by atoms with Gasteiger partial charge in [0.25, 0.3) is 11.8 Å². The van der Waals surface area contributed by atoms with Crippen molar-refractivity contribution in [2.45, 2.75) is 19.4 Å². The highest BCUT2D eigenvalue weighted by molar-refractivity contribution is 6.08. The van der Waals surface area contributed by atoms with Gasteiger partial charge in [0.05, 0.1) is 6.26 Å². The normalized spacial score (nSPS) is 15.6. The van der Waals surface area contributed by atoms with Crippen molar-refractivity contribution in [2.75, 3.05) is 10.2 Å². The van der Waals surface area contributed by atoms with Gasteiger partial charge in [-0.25, -0.2) is 0 Å². The summed E-state index contributed by atoms with van der Waals surface area (Å²) in [5.41, 5.74) is 3.36. The van der Waals surface area contributed by atoms with Crippen LogP contribution in [0.4, 0.5) is 11.4 Å². The van der Waals surface area contributed by atoms with E-state index in [4.69, 9.17) is 4.42 Å². The van der Waals surface area contributed by atoms with Crippen LogP contribution < -0.4 is 10.2 Å². The first kappa shape index (κ1) is 16.1. The van der Waals surface area contributed by atoms with Crippen molar-refractivity contribution >= 4 is 23.2 Å². The number of benzene rings is 2. The Morgan fingerprint density at radius 3 is 2.54 bits per heavy atom. The topological polar surface area (TPSA) is 62.6 Å². The molecule has 130 valence electrons. The molecular formula is C21H18N2O3. The molecule has 0 radical (unpaired) electrons. The molecule has 1 aliphatic heterocycles. The van der Waals surface area contributed by atoms with Crippen LogP contribution in [-0.4, -0.2) is 17.9 Å². The van der Waals surface area contributed by atoms with Crippen LogP contribution in [-0.2, 0) is 6.42 Å². The van der Waals surface area contributed by atoms with E-state index < -0.39 is 0 Å². The summed E-state index contributed by atoms with van der Waals surface area (Å²) in [6.07, 6.45) is 2.31. The molecule has 1 aromatic heterocycles. The monoisotopic (exact) mass is 346 g/mol. The van der Waals surface area contributed by atoms with Crippen molar-refractivity contribution in [3.63, 3.8) is 0 Å². The number of rotatable bonds is 3. The summed E-state index contributed by atoms with van der Waals surface area (Å²) < 4.78 is 5.07. The largest absolute Gasteiger partial charge is 0.459 e. The van der Waals surface area contributed by atoms with Crippen molar-refractivity contribution < 1.29 is 14.0 Å². The SMILES string of the molecule is C[C@@H]1Cc2ccccc2N1C(=O)c1ccc(NC(=O)c2ccco2)cc1. The van der Waals surface area contributed by atoms with Gasteiger partial charge in [-0.15, -0.1) is 0 Å². The van der Waals surface area contributed by atoms with Crippen molar-refractivity contribution in [1.29, 1.82) is 0 Å². The Bertz CT molecular complexity index is 946. The second-order valence-electron chi connectivity index (χ2n) is 6.37. The summed E-state index contributed by atoms with van der Waals surface area (Å²) in [7, 11) is 0. The van der Waals surface area contributed by atoms with Crippen LogP contribution in [0.15, 0.2) is 71.3 Å². The van der Waals surface area contributed by atoms with E-state index in [1.54, 1.807) is 36.4 Å². The minimum absolute atomic E-state index is 0.0358. The molecule has 2 aromatic carbocycles. The molecule has 0 unspecified atom stereocenters. The lowest BCUT2D eigenvalue weighted by Crippen LogP contribution is -2.35. The summed E-state index contributed by atoms with van der Waals surface area (Å²) in [6.45, 7) is 2.05. The molecule has 2 heterocycles. The number of nitrogens with one attached hydrogen (secondary N) is 1. The number of para-hydroxylation sites is 1. The molecule has 4 rings (SSSR count). The van der Waals surface area contributed by atoms with Gasteiger partial charge in [-0.1, -0.05) is 18.2 Å². The van der Waals surface area contributed by atoms with Crippen LogP contribution in [0.1, 0.15) is 33.4 Å². The molecule has 0 bridgehead atoms. The van der Waals surface area contributed by atoms with Crippen LogP contribution in [0.5, 0.6) is 0 Å². The quantitative estimate of drug-likeness (QED) is 0.776. The van der Waals surface area contributed by atoms with E-state index in [0.29, 0.717) is 11.3 Å². The second-order valence-corrected chi connectivity index (χ2v) is 6.37. The Kier molecular flexibility index (Phi) is 4.05. The van der Waals surface area contributed by atoms with Gasteiger partial charge >= 0.3 is 0 Å². The van der Waals surface area contributed by atoms with E-state index in [-0.39, 0.29) is 23.6 Å². The maximum absolute atomic E-state index is 13.0. The van der Waals surface area contributed by atoms with E-state index in [9.17, 15) is 9.59 Å². The van der Waals surface area contributed by atoms with Gasteiger partial charge in [-0.3, -0.25) is 9.59 Å². The molecule has 2 amide bonds. The first-order valence-corrected chi connectivity index (χ1v) is 8.50. The number of carbonyl (C=O) groups excluding carboxylic acids is 2. The summed E-state index contributed by atoms with van der Waals surface area (Å²) in [6, 6.07) is 18.3. The molecule has 1 aliphatic rings. The number of hydrogen-bond acceptors (Lipinski definition) is 3. The molecular weight excluding hydrogens is 328 g/mol. The Labute approximate surface area is 151 Å². The number of fused-ring (bicyclic) bond motifs is 1. The fraction of sp³-hybridized carbons (Fsp3) is 0.143. The van der Waals surface area contributed by atoms with Gasteiger partial charge < -0.3 is 14.6 Å². The third-order valence-corrected chi connectivity index (χ3v) is 4.56. The standard InChI is InChI=1S/C21H18N2O3/c1-14-13-16-5-2-3-6-18(16)23(14)21(25)15-8-10-17(11-9-15)22-20(24)19-7-4-12-26-19/h2-12,14H,13H2,1H3,(H,22,24)/t14-/m1/s1. The van der Waals surface area contributed by atoms with Gasteiger partial charge in [0.1, 0.15) is 0 Å². The zero-order valence-electron chi connectivity index (χ0n) is 14.3. The summed E-state index contributed by atoms with van der Waals surface area (Å²) in [4.78, 5) is 26.8. The molecule has 0 aliphatic carbocycles. The minimum Gasteiger partial charge on any atom is -0.459 e. The minimum atomic E-state index is -0.323. The highest BCUT2D eigenvalue weighted by atomic mass is 16.3. The third kappa shape index (κ3) is 2.88. The van der Waals surface area contributed by atoms with Crippen LogP contribution in [0.3, 0.4) is 0 Å². The molecule has 0 spiro atoms. The molecule has 0 saturated heterocycles. The second kappa shape index (κ2) is 6.52. The zero-order chi connectivity index (χ0) is 18.1. The maximum atomic E-state index is 13.0. The number of amides is 2. The number of anilines is 2. The average molecular weight is 346 g/mol. The number of hydrogen-bond donors (Lipinski definition) is 1. The van der Waals surface area contributed by atoms with E-state index in [1.807, 2.05) is 23.1 Å². The van der Waals surface area contributed by atoms with E-state index in [2.05, 4.69) is 18.3 Å². The zero-order valence-corrected chi connectivity index (χ0v) is 14.3. The number of furan rings is 1. The van der Waals surface area contributed by atoms with Crippen LogP contribution in [0, 0.1) is 0 Å². The highest BCUT2D eigenvalue weighted by Crippen LogP contribution is 2.33. The van der Waals surface area contributed by atoms with E-state index in [1.165, 1.54) is 11.8 Å². The highest BCUT2D eigenvalue weighted by Gasteiger charge is 2.31. The van der Waals surface area contributed by atoms with Gasteiger partial charge in [-0.2, -0.15) is 0 Å². The summed E-state index contributed by atoms with van der Waals surface area (Å²) in [5.74, 6) is -0.116. The molecule has 5 nitrogen and oxygen atoms in total. The molecule has 0 saturated carbocycles. The molecule has 3 aromatic rings. The lowest BCUT2D eigenvalue weighted by Gasteiger charge is -2.23. The van der Waals surface area contributed by atoms with E-state index in [0.717, 1.165) is 12.1 Å². The summed E-state index contributed by atoms with van der Waals surface area (Å²) in [5, 5.41) is 2.75. The van der Waals surface area contributed by atoms with Gasteiger partial charge in [-0.05, 0) is 61.4 Å². The maximum Gasteiger partial charge on any atom is 0.291 e. The van der Waals surface area contributed by atoms with Crippen molar-refractivity contribution in [1.82, 2.24) is 0 Å². The number of nitrogens with zero attached hydrogens (tertiary/aromatic N) is 1. The first-order chi connectivity index (χ1) is 12.6. The molecule has 5 heteroatoms.